The molecule has 0 aliphatic carbocycles. The molecule has 3 nitrogen and oxygen atoms in total. The van der Waals surface area contributed by atoms with Crippen molar-refractivity contribution in [2.24, 2.45) is 0 Å². The van der Waals surface area contributed by atoms with E-state index in [4.69, 9.17) is 5.11 Å². The first kappa shape index (κ1) is 5.88. The average molecular weight is 123 g/mol. The predicted molar refractivity (Wildman–Crippen MR) is 33.0 cm³/mol. The van der Waals surface area contributed by atoms with Crippen LogP contribution in [-0.2, 0) is 6.42 Å². The highest BCUT2D eigenvalue weighted by Gasteiger charge is 1.94. The van der Waals surface area contributed by atoms with Gasteiger partial charge < -0.3 is 5.11 Å². The van der Waals surface area contributed by atoms with E-state index in [2.05, 4.69) is 22.8 Å². The van der Waals surface area contributed by atoms with Crippen molar-refractivity contribution in [2.75, 3.05) is 0 Å². The molecule has 1 radical (unpaired) electrons. The molecule has 0 bridgehead atoms. The Morgan fingerprint density at radius 3 is 3.11 bits per heavy atom. The first-order valence-corrected chi connectivity index (χ1v) is 2.59. The van der Waals surface area contributed by atoms with E-state index in [1.807, 2.05) is 0 Å². The molecule has 3 heteroatoms. The lowest BCUT2D eigenvalue weighted by Gasteiger charge is -1.78. The van der Waals surface area contributed by atoms with E-state index in [0.717, 1.165) is 0 Å². The first-order chi connectivity index (χ1) is 4.33. The van der Waals surface area contributed by atoms with Crippen LogP contribution in [0.25, 0.3) is 0 Å². The number of allylic oxidation sites excluding steroid dienone is 1. The van der Waals surface area contributed by atoms with Gasteiger partial charge in [0.05, 0.1) is 11.8 Å². The third-order valence-electron chi connectivity index (χ3n) is 0.897. The fraction of sp³-hybridized carbons (Fsp3) is 0.167. The Labute approximate surface area is 53.0 Å². The number of rotatable bonds is 2. The van der Waals surface area contributed by atoms with Gasteiger partial charge >= 0.3 is 0 Å². The Morgan fingerprint density at radius 2 is 2.67 bits per heavy atom. The lowest BCUT2D eigenvalue weighted by Crippen LogP contribution is -1.78. The minimum Gasteiger partial charge on any atom is -0.493 e. The molecule has 1 heterocycles. The lowest BCUT2D eigenvalue weighted by atomic mass is 10.3. The topological polar surface area (TPSA) is 48.9 Å². The third-order valence-corrected chi connectivity index (χ3v) is 0.897. The zero-order chi connectivity index (χ0) is 6.69. The summed E-state index contributed by atoms with van der Waals surface area (Å²) in [5.41, 5.74) is 0.683. The van der Waals surface area contributed by atoms with Crippen molar-refractivity contribution in [1.82, 2.24) is 10.2 Å². The molecule has 0 unspecified atom stereocenters. The summed E-state index contributed by atoms with van der Waals surface area (Å²) in [7, 11) is 0. The number of aromatic amines is 1. The summed E-state index contributed by atoms with van der Waals surface area (Å²) in [4.78, 5) is 0. The number of hydrogen-bond donors (Lipinski definition) is 2. The van der Waals surface area contributed by atoms with Crippen LogP contribution in [-0.4, -0.2) is 15.3 Å². The smallest absolute Gasteiger partial charge is 0.215 e. The fourth-order valence-corrected chi connectivity index (χ4v) is 0.546. The molecule has 1 aromatic heterocycles. The molecular formula is C6H7N2O. The monoisotopic (exact) mass is 123 g/mol. The summed E-state index contributed by atoms with van der Waals surface area (Å²) in [5, 5.41) is 14.7. The average Bonchev–Trinajstić information content (AvgIpc) is 2.17. The molecule has 0 aliphatic heterocycles. The lowest BCUT2D eigenvalue weighted by molar-refractivity contribution is 0.451. The second-order valence-electron chi connectivity index (χ2n) is 1.64. The maximum atomic E-state index is 8.67. The molecule has 0 saturated heterocycles. The normalized spacial score (nSPS) is 9.33. The van der Waals surface area contributed by atoms with Gasteiger partial charge in [0, 0.05) is 6.42 Å². The largest absolute Gasteiger partial charge is 0.493 e. The molecule has 0 fully saturated rings. The van der Waals surface area contributed by atoms with E-state index in [-0.39, 0.29) is 5.88 Å². The molecule has 2 N–H and O–H groups in total. The van der Waals surface area contributed by atoms with Crippen LogP contribution in [0.15, 0.2) is 12.7 Å². The Bertz CT molecular complexity index is 205. The van der Waals surface area contributed by atoms with Crippen LogP contribution in [0.4, 0.5) is 0 Å². The van der Waals surface area contributed by atoms with Crippen molar-refractivity contribution in [1.29, 1.82) is 0 Å². The molecule has 9 heavy (non-hydrogen) atoms. The molecule has 1 rings (SSSR count). The number of aromatic hydroxyl groups is 1. The maximum Gasteiger partial charge on any atom is 0.215 e. The number of H-pyrrole nitrogens is 1. The minimum absolute atomic E-state index is 0.0214. The fourth-order valence-electron chi connectivity index (χ4n) is 0.546. The van der Waals surface area contributed by atoms with E-state index in [1.54, 1.807) is 6.08 Å². The molecule has 0 amide bonds. The Kier molecular flexibility index (Phi) is 1.53. The number of nitrogens with zero attached hydrogens (tertiary/aromatic N) is 1. The van der Waals surface area contributed by atoms with Gasteiger partial charge in [0.15, 0.2) is 0 Å². The highest BCUT2D eigenvalue weighted by atomic mass is 16.3. The van der Waals surface area contributed by atoms with Crippen LogP contribution >= 0.6 is 0 Å². The van der Waals surface area contributed by atoms with Crippen molar-refractivity contribution in [3.8, 4) is 5.88 Å². The Morgan fingerprint density at radius 1 is 1.89 bits per heavy atom. The molecule has 0 saturated carbocycles. The third kappa shape index (κ3) is 1.32. The van der Waals surface area contributed by atoms with Crippen molar-refractivity contribution < 1.29 is 5.11 Å². The van der Waals surface area contributed by atoms with Gasteiger partial charge in [-0.2, -0.15) is 5.10 Å². The van der Waals surface area contributed by atoms with Gasteiger partial charge in [-0.1, -0.05) is 6.08 Å². The molecular weight excluding hydrogens is 116 g/mol. The van der Waals surface area contributed by atoms with E-state index in [0.29, 0.717) is 12.1 Å². The van der Waals surface area contributed by atoms with Crippen LogP contribution in [0.3, 0.4) is 0 Å². The van der Waals surface area contributed by atoms with E-state index in [9.17, 15) is 0 Å². The second-order valence-corrected chi connectivity index (χ2v) is 1.64. The van der Waals surface area contributed by atoms with E-state index >= 15 is 0 Å². The minimum atomic E-state index is -0.0214. The maximum absolute atomic E-state index is 8.67. The van der Waals surface area contributed by atoms with E-state index < -0.39 is 0 Å². The molecule has 0 spiro atoms. The van der Waals surface area contributed by atoms with Gasteiger partial charge in [0.2, 0.25) is 5.88 Å². The van der Waals surface area contributed by atoms with Gasteiger partial charge in [-0.05, 0) is 0 Å². The van der Waals surface area contributed by atoms with Gasteiger partial charge in [-0.15, -0.1) is 6.58 Å². The van der Waals surface area contributed by atoms with Gasteiger partial charge in [-0.3, -0.25) is 0 Å². The van der Waals surface area contributed by atoms with E-state index in [1.165, 1.54) is 0 Å². The van der Waals surface area contributed by atoms with Crippen molar-refractivity contribution in [3.05, 3.63) is 24.4 Å². The molecule has 1 aromatic rings. The zero-order valence-electron chi connectivity index (χ0n) is 4.89. The van der Waals surface area contributed by atoms with Crippen LogP contribution < -0.4 is 0 Å². The Balaban J connectivity index is 2.72. The molecule has 47 valence electrons. The van der Waals surface area contributed by atoms with Crippen LogP contribution in [0, 0.1) is 6.07 Å². The quantitative estimate of drug-likeness (QED) is 0.567. The van der Waals surface area contributed by atoms with Crippen molar-refractivity contribution >= 4 is 0 Å². The summed E-state index contributed by atoms with van der Waals surface area (Å²) >= 11 is 0. The SMILES string of the molecule is C=CCc1[c]c(O)[nH]n1. The van der Waals surface area contributed by atoms with Gasteiger partial charge in [0.1, 0.15) is 0 Å². The highest BCUT2D eigenvalue weighted by molar-refractivity contribution is 5.11. The molecule has 0 atom stereocenters. The number of nitrogens with one attached hydrogen (secondary N) is 1. The summed E-state index contributed by atoms with van der Waals surface area (Å²) < 4.78 is 0. The summed E-state index contributed by atoms with van der Waals surface area (Å²) in [6.07, 6.45) is 2.34. The van der Waals surface area contributed by atoms with Gasteiger partial charge in [-0.25, -0.2) is 5.10 Å². The summed E-state index contributed by atoms with van der Waals surface area (Å²) in [6, 6.07) is 2.59. The van der Waals surface area contributed by atoms with Crippen molar-refractivity contribution in [3.63, 3.8) is 0 Å². The number of aromatic nitrogens is 2. The standard InChI is InChI=1S/C6H7N2O/c1-2-3-5-4-6(9)8-7-5/h2H,1,3H2,(H2,7,8,9). The zero-order valence-corrected chi connectivity index (χ0v) is 4.89. The van der Waals surface area contributed by atoms with Gasteiger partial charge in [0.25, 0.3) is 0 Å². The predicted octanol–water partition coefficient (Wildman–Crippen LogP) is 0.644. The van der Waals surface area contributed by atoms with Crippen LogP contribution in [0.2, 0.25) is 0 Å². The van der Waals surface area contributed by atoms with Crippen LogP contribution in [0.1, 0.15) is 5.69 Å². The summed E-state index contributed by atoms with van der Waals surface area (Å²) in [6.45, 7) is 3.51. The van der Waals surface area contributed by atoms with Crippen molar-refractivity contribution in [2.45, 2.75) is 6.42 Å². The highest BCUT2D eigenvalue weighted by Crippen LogP contribution is 2.03. The van der Waals surface area contributed by atoms with Crippen LogP contribution in [0.5, 0.6) is 5.88 Å². The Hall–Kier alpha value is -1.25. The molecule has 0 aliphatic rings. The second kappa shape index (κ2) is 2.35. The first-order valence-electron chi connectivity index (χ1n) is 2.59. The number of hydrogen-bond acceptors (Lipinski definition) is 2. The molecule has 0 aromatic carbocycles. The summed E-state index contributed by atoms with van der Waals surface area (Å²) in [5.74, 6) is -0.0214.